The Kier molecular flexibility index (Phi) is 3.71. The van der Waals surface area contributed by atoms with Crippen LogP contribution in [-0.2, 0) is 11.8 Å². The first kappa shape index (κ1) is 14.8. The Morgan fingerprint density at radius 2 is 1.88 bits per heavy atom. The maximum Gasteiger partial charge on any atom is 0.241 e. The van der Waals surface area contributed by atoms with Crippen LogP contribution in [-0.4, -0.2) is 50.8 Å². The molecular weight excluding hydrogens is 308 g/mol. The third kappa shape index (κ3) is 2.43. The summed E-state index contributed by atoms with van der Waals surface area (Å²) >= 11 is 0. The zero-order valence-electron chi connectivity index (χ0n) is 13.3. The second-order valence-electron chi connectivity index (χ2n) is 5.52. The Morgan fingerprint density at radius 3 is 2.58 bits per heavy atom. The highest BCUT2D eigenvalue weighted by Crippen LogP contribution is 2.29. The van der Waals surface area contributed by atoms with Crippen molar-refractivity contribution >= 4 is 22.9 Å². The number of aryl methyl sites for hydroxylation is 1. The summed E-state index contributed by atoms with van der Waals surface area (Å²) in [5, 5.41) is 0. The molecule has 0 radical (unpaired) electrons. The average molecular weight is 326 g/mol. The highest BCUT2D eigenvalue weighted by atomic mass is 16.5. The number of nitrogens with zero attached hydrogens (tertiary/aromatic N) is 6. The van der Waals surface area contributed by atoms with Gasteiger partial charge in [0.15, 0.2) is 17.0 Å². The first-order valence-electron chi connectivity index (χ1n) is 7.72. The molecule has 24 heavy (non-hydrogen) atoms. The molecule has 4 rings (SSSR count). The van der Waals surface area contributed by atoms with E-state index in [9.17, 15) is 0 Å². The zero-order valence-corrected chi connectivity index (χ0v) is 13.3. The van der Waals surface area contributed by atoms with Gasteiger partial charge in [0.25, 0.3) is 0 Å². The molecule has 1 aliphatic rings. The number of anilines is 2. The summed E-state index contributed by atoms with van der Waals surface area (Å²) in [6.45, 7) is 2.86. The standard InChI is InChI=1S/C15H18N8O/c1-22-12(10-2-4-17-5-3-10)18-11-13(22)19-15(21-16)20-14(11)23-6-8-24-9-7-23/h2-5H,6-9,16H2,1H3,(H,19,20,21). The molecule has 0 atom stereocenters. The highest BCUT2D eigenvalue weighted by molar-refractivity contribution is 5.88. The van der Waals surface area contributed by atoms with Crippen LogP contribution in [0.2, 0.25) is 0 Å². The van der Waals surface area contributed by atoms with Gasteiger partial charge in [-0.1, -0.05) is 0 Å². The number of morpholine rings is 1. The molecule has 0 spiro atoms. The largest absolute Gasteiger partial charge is 0.378 e. The molecule has 1 aliphatic heterocycles. The number of nitrogen functional groups attached to an aromatic ring is 1. The fourth-order valence-electron chi connectivity index (χ4n) is 2.87. The molecule has 0 bridgehead atoms. The van der Waals surface area contributed by atoms with Crippen LogP contribution in [0.15, 0.2) is 24.5 Å². The van der Waals surface area contributed by atoms with Gasteiger partial charge in [0.1, 0.15) is 5.82 Å². The third-order valence-electron chi connectivity index (χ3n) is 4.08. The Hall–Kier alpha value is -2.78. The molecular formula is C15H18N8O. The number of aromatic nitrogens is 5. The van der Waals surface area contributed by atoms with E-state index in [2.05, 4.69) is 25.3 Å². The fraction of sp³-hybridized carbons (Fsp3) is 0.333. The Labute approximate surface area is 138 Å². The molecule has 0 aliphatic carbocycles. The van der Waals surface area contributed by atoms with Gasteiger partial charge in [-0.3, -0.25) is 10.4 Å². The second kappa shape index (κ2) is 6.02. The predicted octanol–water partition coefficient (Wildman–Crippen LogP) is 0.547. The number of fused-ring (bicyclic) bond motifs is 1. The van der Waals surface area contributed by atoms with Crippen molar-refractivity contribution in [1.82, 2.24) is 24.5 Å². The van der Waals surface area contributed by atoms with Crippen molar-refractivity contribution in [3.8, 4) is 11.4 Å². The van der Waals surface area contributed by atoms with E-state index in [0.717, 1.165) is 41.5 Å². The molecule has 0 amide bonds. The van der Waals surface area contributed by atoms with Crippen molar-refractivity contribution in [2.75, 3.05) is 36.6 Å². The highest BCUT2D eigenvalue weighted by Gasteiger charge is 2.22. The Morgan fingerprint density at radius 1 is 1.12 bits per heavy atom. The first-order valence-corrected chi connectivity index (χ1v) is 7.72. The molecule has 3 N–H and O–H groups in total. The van der Waals surface area contributed by atoms with Gasteiger partial charge in [0.05, 0.1) is 13.2 Å². The van der Waals surface area contributed by atoms with E-state index in [0.29, 0.717) is 19.2 Å². The van der Waals surface area contributed by atoms with Gasteiger partial charge >= 0.3 is 0 Å². The van der Waals surface area contributed by atoms with Crippen LogP contribution in [0.25, 0.3) is 22.6 Å². The van der Waals surface area contributed by atoms with Crippen LogP contribution in [0, 0.1) is 0 Å². The topological polar surface area (TPSA) is 107 Å². The molecule has 0 unspecified atom stereocenters. The number of nitrogens with two attached hydrogens (primary N) is 1. The normalized spacial score (nSPS) is 15.0. The minimum Gasteiger partial charge on any atom is -0.378 e. The van der Waals surface area contributed by atoms with Crippen molar-refractivity contribution in [1.29, 1.82) is 0 Å². The first-order chi connectivity index (χ1) is 11.8. The van der Waals surface area contributed by atoms with Crippen LogP contribution in [0.1, 0.15) is 0 Å². The van der Waals surface area contributed by atoms with Crippen LogP contribution in [0.3, 0.4) is 0 Å². The summed E-state index contributed by atoms with van der Waals surface area (Å²) in [6.07, 6.45) is 3.49. The zero-order chi connectivity index (χ0) is 16.5. The maximum atomic E-state index is 5.55. The lowest BCUT2D eigenvalue weighted by atomic mass is 10.2. The number of ether oxygens (including phenoxy) is 1. The lowest BCUT2D eigenvalue weighted by Gasteiger charge is -2.27. The molecule has 124 valence electrons. The van der Waals surface area contributed by atoms with Gasteiger partial charge < -0.3 is 14.2 Å². The van der Waals surface area contributed by atoms with Crippen LogP contribution < -0.4 is 16.2 Å². The van der Waals surface area contributed by atoms with Gasteiger partial charge in [-0.05, 0) is 12.1 Å². The van der Waals surface area contributed by atoms with Crippen molar-refractivity contribution in [2.24, 2.45) is 12.9 Å². The number of hydrazine groups is 1. The SMILES string of the molecule is Cn1c(-c2ccncc2)nc2c(N3CCOCC3)nc(NN)nc21. The number of imidazole rings is 1. The van der Waals surface area contributed by atoms with Gasteiger partial charge in [0, 0.05) is 38.1 Å². The number of hydrogen-bond acceptors (Lipinski definition) is 8. The Balaban J connectivity index is 1.91. The van der Waals surface area contributed by atoms with E-state index in [1.165, 1.54) is 0 Å². The van der Waals surface area contributed by atoms with Crippen molar-refractivity contribution < 1.29 is 4.74 Å². The Bertz CT molecular complexity index is 857. The van der Waals surface area contributed by atoms with E-state index >= 15 is 0 Å². The van der Waals surface area contributed by atoms with E-state index in [1.807, 2.05) is 23.7 Å². The molecule has 4 heterocycles. The molecule has 1 saturated heterocycles. The van der Waals surface area contributed by atoms with Gasteiger partial charge in [-0.25, -0.2) is 10.8 Å². The van der Waals surface area contributed by atoms with E-state index < -0.39 is 0 Å². The maximum absolute atomic E-state index is 5.55. The molecule has 0 aromatic carbocycles. The van der Waals surface area contributed by atoms with Crippen LogP contribution >= 0.6 is 0 Å². The monoisotopic (exact) mass is 326 g/mol. The number of pyridine rings is 1. The predicted molar refractivity (Wildman–Crippen MR) is 90.4 cm³/mol. The van der Waals surface area contributed by atoms with Crippen molar-refractivity contribution in [3.63, 3.8) is 0 Å². The van der Waals surface area contributed by atoms with Gasteiger partial charge in [-0.15, -0.1) is 0 Å². The van der Waals surface area contributed by atoms with Crippen LogP contribution in [0.4, 0.5) is 11.8 Å². The molecule has 3 aromatic rings. The van der Waals surface area contributed by atoms with E-state index in [-0.39, 0.29) is 0 Å². The van der Waals surface area contributed by atoms with Gasteiger partial charge in [-0.2, -0.15) is 9.97 Å². The molecule has 9 heteroatoms. The minimum absolute atomic E-state index is 0.369. The third-order valence-corrected chi connectivity index (χ3v) is 4.08. The minimum atomic E-state index is 0.369. The summed E-state index contributed by atoms with van der Waals surface area (Å²) in [6, 6.07) is 3.84. The molecule has 1 fully saturated rings. The average Bonchev–Trinajstić information content (AvgIpc) is 2.99. The lowest BCUT2D eigenvalue weighted by molar-refractivity contribution is 0.122. The number of nitrogens with one attached hydrogen (secondary N) is 1. The quantitative estimate of drug-likeness (QED) is 0.531. The number of rotatable bonds is 3. The molecule has 9 nitrogen and oxygen atoms in total. The summed E-state index contributed by atoms with van der Waals surface area (Å²) in [5.74, 6) is 7.50. The summed E-state index contributed by atoms with van der Waals surface area (Å²) in [4.78, 5) is 20.0. The van der Waals surface area contributed by atoms with Crippen molar-refractivity contribution in [2.45, 2.75) is 0 Å². The lowest BCUT2D eigenvalue weighted by Crippen LogP contribution is -2.37. The smallest absolute Gasteiger partial charge is 0.241 e. The van der Waals surface area contributed by atoms with Gasteiger partial charge in [0.2, 0.25) is 5.95 Å². The molecule has 0 saturated carbocycles. The second-order valence-corrected chi connectivity index (χ2v) is 5.52. The summed E-state index contributed by atoms with van der Waals surface area (Å²) in [5.41, 5.74) is 5.00. The molecule has 3 aromatic heterocycles. The van der Waals surface area contributed by atoms with E-state index in [4.69, 9.17) is 15.6 Å². The van der Waals surface area contributed by atoms with Crippen molar-refractivity contribution in [3.05, 3.63) is 24.5 Å². The number of hydrogen-bond donors (Lipinski definition) is 2. The summed E-state index contributed by atoms with van der Waals surface area (Å²) < 4.78 is 7.37. The fourth-order valence-corrected chi connectivity index (χ4v) is 2.87. The van der Waals surface area contributed by atoms with E-state index in [1.54, 1.807) is 12.4 Å². The van der Waals surface area contributed by atoms with Crippen LogP contribution in [0.5, 0.6) is 0 Å². The summed E-state index contributed by atoms with van der Waals surface area (Å²) in [7, 11) is 1.93.